The Balaban J connectivity index is 2.09. The average molecular weight is 394 g/mol. The Bertz CT molecular complexity index is 837. The van der Waals surface area contributed by atoms with Crippen molar-refractivity contribution < 1.29 is 19.1 Å². The van der Waals surface area contributed by atoms with E-state index in [0.717, 1.165) is 11.1 Å². The number of ether oxygens (including phenoxy) is 2. The van der Waals surface area contributed by atoms with Gasteiger partial charge in [-0.15, -0.1) is 0 Å². The second-order valence-corrected chi connectivity index (χ2v) is 7.54. The van der Waals surface area contributed by atoms with Crippen molar-refractivity contribution in [3.05, 3.63) is 59.7 Å². The maximum atomic E-state index is 11.7. The summed E-state index contributed by atoms with van der Waals surface area (Å²) < 4.78 is 10.5. The van der Waals surface area contributed by atoms with E-state index in [1.165, 1.54) is 0 Å². The Morgan fingerprint density at radius 2 is 1.03 bits per heavy atom. The maximum Gasteiger partial charge on any atom is 0.316 e. The van der Waals surface area contributed by atoms with Gasteiger partial charge >= 0.3 is 11.9 Å². The van der Waals surface area contributed by atoms with Crippen molar-refractivity contribution in [3.8, 4) is 11.5 Å². The molecule has 0 fully saturated rings. The van der Waals surface area contributed by atoms with E-state index in [9.17, 15) is 9.59 Å². The van der Waals surface area contributed by atoms with E-state index in [4.69, 9.17) is 20.3 Å². The maximum absolute atomic E-state index is 11.7. The lowest BCUT2D eigenvalue weighted by Gasteiger charge is -2.26. The van der Waals surface area contributed by atoms with Gasteiger partial charge in [0.1, 0.15) is 11.5 Å². The molecule has 0 aromatic heterocycles. The highest BCUT2D eigenvalue weighted by Gasteiger charge is 2.23. The number of esters is 2. The molecule has 2 N–H and O–H groups in total. The molecule has 0 heterocycles. The largest absolute Gasteiger partial charge is 0.426 e. The summed E-state index contributed by atoms with van der Waals surface area (Å²) in [6, 6.07) is 14.6. The van der Waals surface area contributed by atoms with Crippen LogP contribution in [0.5, 0.6) is 11.5 Å². The summed E-state index contributed by atoms with van der Waals surface area (Å²) >= 11 is 0. The predicted octanol–water partition coefficient (Wildman–Crippen LogP) is 4.68. The molecule has 0 saturated heterocycles. The van der Waals surface area contributed by atoms with Crippen LogP contribution in [-0.2, 0) is 15.0 Å². The molecule has 0 saturated carbocycles. The lowest BCUT2D eigenvalue weighted by Crippen LogP contribution is -2.19. The van der Waals surface area contributed by atoms with Gasteiger partial charge < -0.3 is 20.3 Å². The first-order chi connectivity index (χ1) is 13.6. The third-order valence-electron chi connectivity index (χ3n) is 4.43. The Morgan fingerprint density at radius 1 is 0.724 bits per heavy atom. The molecular formula is C23H26N2O4. The summed E-state index contributed by atoms with van der Waals surface area (Å²) in [7, 11) is 0. The second-order valence-electron chi connectivity index (χ2n) is 7.54. The first-order valence-electron chi connectivity index (χ1n) is 9.28. The van der Waals surface area contributed by atoms with Gasteiger partial charge in [0.05, 0.1) is 12.8 Å². The SMILES string of the molecule is CC(=N)CC(=O)Oc1ccc(C(C)(C)c2ccc(OC(=O)CC(C)=N)cc2)cc1. The summed E-state index contributed by atoms with van der Waals surface area (Å²) in [5.41, 5.74) is 2.27. The molecule has 2 aromatic rings. The van der Waals surface area contributed by atoms with E-state index in [1.54, 1.807) is 38.1 Å². The van der Waals surface area contributed by atoms with Crippen LogP contribution in [0.4, 0.5) is 0 Å². The number of hydrogen-bond donors (Lipinski definition) is 2. The normalized spacial score (nSPS) is 10.9. The third-order valence-corrected chi connectivity index (χ3v) is 4.43. The summed E-state index contributed by atoms with van der Waals surface area (Å²) in [5, 5.41) is 14.7. The van der Waals surface area contributed by atoms with Gasteiger partial charge in [-0.3, -0.25) is 9.59 Å². The van der Waals surface area contributed by atoms with Gasteiger partial charge in [-0.05, 0) is 49.2 Å². The molecule has 6 nitrogen and oxygen atoms in total. The fourth-order valence-corrected chi connectivity index (χ4v) is 2.81. The van der Waals surface area contributed by atoms with Gasteiger partial charge in [0, 0.05) is 16.8 Å². The van der Waals surface area contributed by atoms with Gasteiger partial charge in [0.25, 0.3) is 0 Å². The standard InChI is InChI=1S/C23H26N2O4/c1-15(24)13-21(26)28-19-9-5-17(6-10-19)23(3,4)18-7-11-20(12-8-18)29-22(27)14-16(2)25/h5-12,24-25H,13-14H2,1-4H3. The van der Waals surface area contributed by atoms with E-state index < -0.39 is 11.9 Å². The Hall–Kier alpha value is -3.28. The highest BCUT2D eigenvalue weighted by atomic mass is 16.5. The topological polar surface area (TPSA) is 100 Å². The fraction of sp³-hybridized carbons (Fsp3) is 0.304. The zero-order valence-electron chi connectivity index (χ0n) is 17.2. The van der Waals surface area contributed by atoms with Gasteiger partial charge in [-0.2, -0.15) is 0 Å². The molecule has 0 amide bonds. The monoisotopic (exact) mass is 394 g/mol. The van der Waals surface area contributed by atoms with E-state index in [2.05, 4.69) is 13.8 Å². The van der Waals surface area contributed by atoms with Crippen LogP contribution in [-0.4, -0.2) is 23.4 Å². The molecule has 29 heavy (non-hydrogen) atoms. The lowest BCUT2D eigenvalue weighted by atomic mass is 9.78. The average Bonchev–Trinajstić information content (AvgIpc) is 2.61. The van der Waals surface area contributed by atoms with E-state index in [-0.39, 0.29) is 29.7 Å². The van der Waals surface area contributed by atoms with Crippen molar-refractivity contribution in [2.75, 3.05) is 0 Å². The molecule has 0 atom stereocenters. The van der Waals surface area contributed by atoms with Crippen LogP contribution in [0.25, 0.3) is 0 Å². The smallest absolute Gasteiger partial charge is 0.316 e. The van der Waals surface area contributed by atoms with Crippen molar-refractivity contribution in [2.24, 2.45) is 0 Å². The molecule has 0 aliphatic carbocycles. The molecule has 2 aromatic carbocycles. The molecule has 6 heteroatoms. The molecule has 2 rings (SSSR count). The summed E-state index contributed by atoms with van der Waals surface area (Å²) in [5.74, 6) is -0.0141. The summed E-state index contributed by atoms with van der Waals surface area (Å²) in [6.45, 7) is 7.28. The molecular weight excluding hydrogens is 368 g/mol. The molecule has 0 aliphatic rings. The van der Waals surface area contributed by atoms with Gasteiger partial charge in [-0.1, -0.05) is 38.1 Å². The van der Waals surface area contributed by atoms with Crippen LogP contribution in [0.15, 0.2) is 48.5 Å². The first-order valence-corrected chi connectivity index (χ1v) is 9.28. The van der Waals surface area contributed by atoms with Crippen LogP contribution in [0.3, 0.4) is 0 Å². The van der Waals surface area contributed by atoms with Crippen molar-refractivity contribution >= 4 is 23.4 Å². The second kappa shape index (κ2) is 9.28. The number of rotatable bonds is 8. The lowest BCUT2D eigenvalue weighted by molar-refractivity contribution is -0.134. The molecule has 0 unspecified atom stereocenters. The Kier molecular flexibility index (Phi) is 7.04. The number of hydrogen-bond acceptors (Lipinski definition) is 6. The number of carbonyl (C=O) groups is 2. The van der Waals surface area contributed by atoms with Crippen LogP contribution < -0.4 is 9.47 Å². The number of benzene rings is 2. The minimum atomic E-state index is -0.451. The third kappa shape index (κ3) is 6.38. The van der Waals surface area contributed by atoms with E-state index in [0.29, 0.717) is 11.5 Å². The highest BCUT2D eigenvalue weighted by Crippen LogP contribution is 2.33. The molecule has 152 valence electrons. The quantitative estimate of drug-likeness (QED) is 0.385. The van der Waals surface area contributed by atoms with Crippen molar-refractivity contribution in [1.29, 1.82) is 10.8 Å². The zero-order chi connectivity index (χ0) is 21.6. The van der Waals surface area contributed by atoms with Crippen LogP contribution in [0.1, 0.15) is 51.7 Å². The van der Waals surface area contributed by atoms with E-state index >= 15 is 0 Å². The molecule has 0 aliphatic heterocycles. The molecule has 0 spiro atoms. The van der Waals surface area contributed by atoms with Crippen molar-refractivity contribution in [3.63, 3.8) is 0 Å². The number of carbonyl (C=O) groups excluding carboxylic acids is 2. The van der Waals surface area contributed by atoms with Gasteiger partial charge in [-0.25, -0.2) is 0 Å². The fourth-order valence-electron chi connectivity index (χ4n) is 2.81. The van der Waals surface area contributed by atoms with Crippen LogP contribution in [0, 0.1) is 10.8 Å². The van der Waals surface area contributed by atoms with Crippen molar-refractivity contribution in [1.82, 2.24) is 0 Å². The first kappa shape index (κ1) is 22.0. The predicted molar refractivity (Wildman–Crippen MR) is 112 cm³/mol. The van der Waals surface area contributed by atoms with Gasteiger partial charge in [0.15, 0.2) is 0 Å². The van der Waals surface area contributed by atoms with Crippen LogP contribution in [0.2, 0.25) is 0 Å². The van der Waals surface area contributed by atoms with E-state index in [1.807, 2.05) is 24.3 Å². The summed E-state index contributed by atoms with van der Waals surface area (Å²) in [6.07, 6.45) is -0.0485. The zero-order valence-corrected chi connectivity index (χ0v) is 17.2. The summed E-state index contributed by atoms with van der Waals surface area (Å²) in [4.78, 5) is 23.4. The van der Waals surface area contributed by atoms with Crippen molar-refractivity contribution in [2.45, 2.75) is 46.0 Å². The number of nitrogens with one attached hydrogen (secondary N) is 2. The Labute approximate surface area is 170 Å². The molecule has 0 radical (unpaired) electrons. The molecule has 0 bridgehead atoms. The Morgan fingerprint density at radius 3 is 1.31 bits per heavy atom. The van der Waals surface area contributed by atoms with Gasteiger partial charge in [0.2, 0.25) is 0 Å². The minimum Gasteiger partial charge on any atom is -0.426 e. The highest BCUT2D eigenvalue weighted by molar-refractivity contribution is 5.97. The minimum absolute atomic E-state index is 0.0242. The van der Waals surface area contributed by atoms with Crippen LogP contribution >= 0.6 is 0 Å².